The lowest BCUT2D eigenvalue weighted by molar-refractivity contribution is -0.122. The highest BCUT2D eigenvalue weighted by molar-refractivity contribution is 8.00. The predicted octanol–water partition coefficient (Wildman–Crippen LogP) is 4.54. The summed E-state index contributed by atoms with van der Waals surface area (Å²) in [4.78, 5) is 12.3. The predicted molar refractivity (Wildman–Crippen MR) is 106 cm³/mol. The molecule has 0 aliphatic heterocycles. The number of hydrogen-bond donors (Lipinski definition) is 1. The number of amides is 1. The Balaban J connectivity index is 1.53. The second-order valence-corrected chi connectivity index (χ2v) is 7.86. The maximum absolute atomic E-state index is 12.3. The second-order valence-electron chi connectivity index (χ2n) is 5.66. The Kier molecular flexibility index (Phi) is 6.25. The number of benzene rings is 2. The van der Waals surface area contributed by atoms with Crippen LogP contribution in [0.2, 0.25) is 0 Å². The van der Waals surface area contributed by atoms with Crippen LogP contribution in [-0.4, -0.2) is 22.2 Å². The number of nitrogens with zero attached hydrogens (tertiary/aromatic N) is 2. The molecule has 3 rings (SSSR count). The van der Waals surface area contributed by atoms with Crippen molar-refractivity contribution in [3.63, 3.8) is 0 Å². The maximum Gasteiger partial charge on any atom is 0.266 e. The Labute approximate surface area is 160 Å². The fraction of sp³-hybridized carbons (Fsp3) is 0.211. The topological polar surface area (TPSA) is 64.1 Å². The monoisotopic (exact) mass is 385 g/mol. The number of aryl methyl sites for hydroxylation is 1. The Hall–Kier alpha value is -2.38. The lowest BCUT2D eigenvalue weighted by Gasteiger charge is -2.15. The van der Waals surface area contributed by atoms with Crippen LogP contribution in [0.5, 0.6) is 5.75 Å². The fourth-order valence-corrected chi connectivity index (χ4v) is 3.89. The van der Waals surface area contributed by atoms with E-state index in [0.29, 0.717) is 10.9 Å². The molecular weight excluding hydrogens is 366 g/mol. The van der Waals surface area contributed by atoms with Gasteiger partial charge in [0.15, 0.2) is 10.4 Å². The van der Waals surface area contributed by atoms with E-state index in [1.807, 2.05) is 49.4 Å². The van der Waals surface area contributed by atoms with Gasteiger partial charge >= 0.3 is 0 Å². The summed E-state index contributed by atoms with van der Waals surface area (Å²) in [6.07, 6.45) is -0.625. The largest absolute Gasteiger partial charge is 0.481 e. The first kappa shape index (κ1) is 18.4. The molecule has 1 N–H and O–H groups in total. The van der Waals surface area contributed by atoms with Crippen LogP contribution in [-0.2, 0) is 10.5 Å². The van der Waals surface area contributed by atoms with Gasteiger partial charge in [-0.25, -0.2) is 0 Å². The fourth-order valence-electron chi connectivity index (χ4n) is 2.18. The van der Waals surface area contributed by atoms with Crippen LogP contribution in [0.15, 0.2) is 58.9 Å². The maximum atomic E-state index is 12.3. The van der Waals surface area contributed by atoms with E-state index in [9.17, 15) is 4.79 Å². The Morgan fingerprint density at radius 1 is 1.15 bits per heavy atom. The molecule has 0 unspecified atom stereocenters. The van der Waals surface area contributed by atoms with Crippen molar-refractivity contribution in [3.8, 4) is 5.75 Å². The van der Waals surface area contributed by atoms with Gasteiger partial charge in [-0.15, -0.1) is 10.2 Å². The van der Waals surface area contributed by atoms with Crippen LogP contribution in [0.3, 0.4) is 0 Å². The quantitative estimate of drug-likeness (QED) is 0.478. The summed E-state index contributed by atoms with van der Waals surface area (Å²) in [5.41, 5.74) is 2.21. The number of carbonyl (C=O) groups is 1. The molecule has 0 fully saturated rings. The highest BCUT2D eigenvalue weighted by atomic mass is 32.2. The number of para-hydroxylation sites is 1. The second kappa shape index (κ2) is 8.82. The molecule has 0 bridgehead atoms. The van der Waals surface area contributed by atoms with Crippen LogP contribution >= 0.6 is 23.1 Å². The summed E-state index contributed by atoms with van der Waals surface area (Å²) < 4.78 is 6.55. The molecule has 0 radical (unpaired) electrons. The zero-order valence-corrected chi connectivity index (χ0v) is 16.1. The number of carbonyl (C=O) groups excluding carboxylic acids is 1. The third-order valence-corrected chi connectivity index (χ3v) is 5.65. The van der Waals surface area contributed by atoms with Gasteiger partial charge in [-0.2, -0.15) is 0 Å². The van der Waals surface area contributed by atoms with Crippen LogP contribution in [0.25, 0.3) is 0 Å². The Morgan fingerprint density at radius 3 is 2.65 bits per heavy atom. The SMILES string of the molecule is Cc1ccccc1O[C@H](C)C(=O)Nc1nnc(SCc2ccccc2)s1. The summed E-state index contributed by atoms with van der Waals surface area (Å²) in [6, 6.07) is 17.8. The van der Waals surface area contributed by atoms with Gasteiger partial charge in [-0.1, -0.05) is 71.6 Å². The van der Waals surface area contributed by atoms with Crippen molar-refractivity contribution in [1.82, 2.24) is 10.2 Å². The molecule has 0 aliphatic carbocycles. The lowest BCUT2D eigenvalue weighted by atomic mass is 10.2. The van der Waals surface area contributed by atoms with Crippen molar-refractivity contribution < 1.29 is 9.53 Å². The van der Waals surface area contributed by atoms with Gasteiger partial charge in [0.05, 0.1) is 0 Å². The summed E-state index contributed by atoms with van der Waals surface area (Å²) in [7, 11) is 0. The van der Waals surface area contributed by atoms with E-state index in [1.165, 1.54) is 16.9 Å². The van der Waals surface area contributed by atoms with E-state index in [-0.39, 0.29) is 5.91 Å². The third-order valence-electron chi connectivity index (χ3n) is 3.61. The molecule has 1 atom stereocenters. The standard InChI is InChI=1S/C19H19N3O2S2/c1-13-8-6-7-11-16(13)24-14(2)17(23)20-18-21-22-19(26-18)25-12-15-9-4-3-5-10-15/h3-11,14H,12H2,1-2H3,(H,20,21,23)/t14-/m1/s1. The highest BCUT2D eigenvalue weighted by Crippen LogP contribution is 2.28. The molecule has 0 saturated heterocycles. The van der Waals surface area contributed by atoms with Crippen molar-refractivity contribution in [3.05, 3.63) is 65.7 Å². The number of ether oxygens (including phenoxy) is 1. The minimum atomic E-state index is -0.625. The minimum Gasteiger partial charge on any atom is -0.481 e. The molecule has 1 amide bonds. The van der Waals surface area contributed by atoms with E-state index in [2.05, 4.69) is 27.6 Å². The van der Waals surface area contributed by atoms with Crippen LogP contribution in [0.4, 0.5) is 5.13 Å². The molecule has 134 valence electrons. The normalized spacial score (nSPS) is 11.8. The number of hydrogen-bond acceptors (Lipinski definition) is 6. The number of anilines is 1. The third kappa shape index (κ3) is 5.06. The molecule has 3 aromatic rings. The lowest BCUT2D eigenvalue weighted by Crippen LogP contribution is -2.30. The van der Waals surface area contributed by atoms with Crippen molar-refractivity contribution in [2.75, 3.05) is 5.32 Å². The van der Waals surface area contributed by atoms with Gasteiger partial charge in [0, 0.05) is 5.75 Å². The zero-order valence-electron chi connectivity index (χ0n) is 14.5. The van der Waals surface area contributed by atoms with Gasteiger partial charge in [0.1, 0.15) is 5.75 Å². The molecule has 7 heteroatoms. The van der Waals surface area contributed by atoms with Crippen molar-refractivity contribution in [2.45, 2.75) is 30.0 Å². The average Bonchev–Trinajstić information content (AvgIpc) is 3.10. The first-order valence-corrected chi connectivity index (χ1v) is 9.95. The first-order valence-electron chi connectivity index (χ1n) is 8.15. The molecule has 26 heavy (non-hydrogen) atoms. The van der Waals surface area contributed by atoms with E-state index in [1.54, 1.807) is 18.7 Å². The smallest absolute Gasteiger partial charge is 0.266 e. The molecule has 1 aromatic heterocycles. The number of aromatic nitrogens is 2. The Bertz CT molecular complexity index is 868. The summed E-state index contributed by atoms with van der Waals surface area (Å²) in [5.74, 6) is 1.27. The van der Waals surface area contributed by atoms with Gasteiger partial charge in [0.25, 0.3) is 5.91 Å². The molecule has 1 heterocycles. The van der Waals surface area contributed by atoms with Crippen LogP contribution < -0.4 is 10.1 Å². The molecule has 5 nitrogen and oxygen atoms in total. The van der Waals surface area contributed by atoms with Gasteiger partial charge in [0.2, 0.25) is 5.13 Å². The molecule has 0 aliphatic rings. The van der Waals surface area contributed by atoms with E-state index in [0.717, 1.165) is 15.7 Å². The van der Waals surface area contributed by atoms with E-state index in [4.69, 9.17) is 4.74 Å². The van der Waals surface area contributed by atoms with Gasteiger partial charge < -0.3 is 4.74 Å². The van der Waals surface area contributed by atoms with Crippen molar-refractivity contribution in [1.29, 1.82) is 0 Å². The van der Waals surface area contributed by atoms with Gasteiger partial charge in [-0.05, 0) is 31.0 Å². The van der Waals surface area contributed by atoms with Crippen molar-refractivity contribution in [2.24, 2.45) is 0 Å². The number of thioether (sulfide) groups is 1. The highest BCUT2D eigenvalue weighted by Gasteiger charge is 2.17. The first-order chi connectivity index (χ1) is 12.6. The zero-order chi connectivity index (χ0) is 18.4. The van der Waals surface area contributed by atoms with Crippen LogP contribution in [0, 0.1) is 6.92 Å². The van der Waals surface area contributed by atoms with Crippen molar-refractivity contribution >= 4 is 34.1 Å². The molecule has 2 aromatic carbocycles. The molecule has 0 saturated carbocycles. The minimum absolute atomic E-state index is 0.246. The van der Waals surface area contributed by atoms with Gasteiger partial charge in [-0.3, -0.25) is 10.1 Å². The van der Waals surface area contributed by atoms with Crippen LogP contribution in [0.1, 0.15) is 18.1 Å². The summed E-state index contributed by atoms with van der Waals surface area (Å²) >= 11 is 2.96. The summed E-state index contributed by atoms with van der Waals surface area (Å²) in [5, 5.41) is 11.4. The number of nitrogens with one attached hydrogen (secondary N) is 1. The average molecular weight is 386 g/mol. The Morgan fingerprint density at radius 2 is 1.88 bits per heavy atom. The van der Waals surface area contributed by atoms with E-state index >= 15 is 0 Å². The molecule has 0 spiro atoms. The number of rotatable bonds is 7. The molecular formula is C19H19N3O2S2. The summed E-state index contributed by atoms with van der Waals surface area (Å²) in [6.45, 7) is 3.66. The van der Waals surface area contributed by atoms with E-state index < -0.39 is 6.10 Å².